The smallest absolute Gasteiger partial charge is 0.225 e. The highest BCUT2D eigenvalue weighted by molar-refractivity contribution is 5.78. The van der Waals surface area contributed by atoms with E-state index in [0.717, 1.165) is 62.9 Å². The third-order valence-electron chi connectivity index (χ3n) is 5.45. The summed E-state index contributed by atoms with van der Waals surface area (Å²) in [5, 5.41) is 7.43. The summed E-state index contributed by atoms with van der Waals surface area (Å²) in [6.45, 7) is 3.87. The van der Waals surface area contributed by atoms with Crippen LogP contribution >= 0.6 is 0 Å². The number of hydrogen-bond acceptors (Lipinski definition) is 4. The Bertz CT molecular complexity index is 777. The molecular formula is C22H30FN3O2. The first-order chi connectivity index (χ1) is 13.5. The van der Waals surface area contributed by atoms with E-state index < -0.39 is 0 Å². The number of hydrogen-bond donors (Lipinski definition) is 1. The molecule has 1 aliphatic heterocycles. The lowest BCUT2D eigenvalue weighted by atomic mass is 9.92. The van der Waals surface area contributed by atoms with Gasteiger partial charge in [0.15, 0.2) is 0 Å². The Balaban J connectivity index is 1.36. The van der Waals surface area contributed by atoms with Gasteiger partial charge in [0.05, 0.1) is 0 Å². The van der Waals surface area contributed by atoms with E-state index in [1.54, 1.807) is 6.07 Å². The summed E-state index contributed by atoms with van der Waals surface area (Å²) in [5.74, 6) is 0.979. The van der Waals surface area contributed by atoms with Crippen LogP contribution in [0, 0.1) is 11.7 Å². The van der Waals surface area contributed by atoms with Crippen LogP contribution in [-0.2, 0) is 11.2 Å². The lowest BCUT2D eigenvalue weighted by Crippen LogP contribution is -2.43. The van der Waals surface area contributed by atoms with Crippen LogP contribution in [-0.4, -0.2) is 42.1 Å². The molecule has 2 aromatic rings. The first kappa shape index (κ1) is 20.5. The van der Waals surface area contributed by atoms with Crippen molar-refractivity contribution in [3.63, 3.8) is 0 Å². The maximum absolute atomic E-state index is 13.3. The molecule has 5 nitrogen and oxygen atoms in total. The monoisotopic (exact) mass is 387 g/mol. The lowest BCUT2D eigenvalue weighted by molar-refractivity contribution is -0.135. The second kappa shape index (κ2) is 9.82. The van der Waals surface area contributed by atoms with E-state index >= 15 is 0 Å². The number of nitrogens with one attached hydrogen (secondary N) is 1. The topological polar surface area (TPSA) is 58.4 Å². The summed E-state index contributed by atoms with van der Waals surface area (Å²) in [5.41, 5.74) is 1.39. The Hall–Kier alpha value is -2.21. The van der Waals surface area contributed by atoms with Crippen molar-refractivity contribution in [1.82, 2.24) is 15.4 Å². The molecule has 6 heteroatoms. The number of benzene rings is 1. The predicted molar refractivity (Wildman–Crippen MR) is 107 cm³/mol. The first-order valence-electron chi connectivity index (χ1n) is 10.2. The SMILES string of the molecule is C[C@H]1C[C@@H](C(=O)N(C)CCCCCc2cc(-c3cccc(F)c3)no2)CCN1. The fraction of sp³-hybridized carbons (Fsp3) is 0.545. The summed E-state index contributed by atoms with van der Waals surface area (Å²) in [6.07, 6.45) is 5.65. The Morgan fingerprint density at radius 1 is 1.32 bits per heavy atom. The molecule has 1 N–H and O–H groups in total. The molecule has 2 atom stereocenters. The Morgan fingerprint density at radius 2 is 2.18 bits per heavy atom. The molecule has 0 radical (unpaired) electrons. The molecular weight excluding hydrogens is 357 g/mol. The standard InChI is InChI=1S/C22H30FN3O2/c1-16-13-18(10-11-24-16)22(27)26(2)12-5-3-4-9-20-15-21(25-28-20)17-7-6-8-19(23)14-17/h6-8,14-16,18,24H,3-5,9-13H2,1-2H3/t16-,18-/m0/s1. The second-order valence-electron chi connectivity index (χ2n) is 7.84. The number of aromatic nitrogens is 1. The average Bonchev–Trinajstić information content (AvgIpc) is 3.16. The summed E-state index contributed by atoms with van der Waals surface area (Å²) in [6, 6.07) is 8.66. The first-order valence-corrected chi connectivity index (χ1v) is 10.2. The maximum atomic E-state index is 13.3. The fourth-order valence-corrected chi connectivity index (χ4v) is 3.82. The van der Waals surface area contributed by atoms with E-state index in [1.807, 2.05) is 24.1 Å². The van der Waals surface area contributed by atoms with Crippen molar-refractivity contribution in [3.8, 4) is 11.3 Å². The summed E-state index contributed by atoms with van der Waals surface area (Å²) in [4.78, 5) is 14.4. The summed E-state index contributed by atoms with van der Waals surface area (Å²) < 4.78 is 18.7. The molecule has 3 rings (SSSR count). The molecule has 0 bridgehead atoms. The second-order valence-corrected chi connectivity index (χ2v) is 7.84. The number of halogens is 1. The quantitative estimate of drug-likeness (QED) is 0.695. The summed E-state index contributed by atoms with van der Waals surface area (Å²) >= 11 is 0. The number of amides is 1. The number of unbranched alkanes of at least 4 members (excludes halogenated alkanes) is 2. The van der Waals surface area contributed by atoms with E-state index in [0.29, 0.717) is 11.7 Å². The molecule has 0 unspecified atom stereocenters. The Kier molecular flexibility index (Phi) is 7.20. The Morgan fingerprint density at radius 3 is 2.96 bits per heavy atom. The van der Waals surface area contributed by atoms with Crippen LogP contribution in [0.3, 0.4) is 0 Å². The molecule has 1 aromatic carbocycles. The zero-order valence-electron chi connectivity index (χ0n) is 16.8. The molecule has 1 aliphatic rings. The van der Waals surface area contributed by atoms with Crippen LogP contribution in [0.1, 0.15) is 44.8 Å². The third kappa shape index (κ3) is 5.64. The van der Waals surface area contributed by atoms with Gasteiger partial charge >= 0.3 is 0 Å². The minimum absolute atomic E-state index is 0.164. The fourth-order valence-electron chi connectivity index (χ4n) is 3.82. The molecule has 2 heterocycles. The minimum Gasteiger partial charge on any atom is -0.361 e. The number of piperidine rings is 1. The normalized spacial score (nSPS) is 19.5. The van der Waals surface area contributed by atoms with Gasteiger partial charge in [-0.25, -0.2) is 4.39 Å². The van der Waals surface area contributed by atoms with Gasteiger partial charge in [-0.2, -0.15) is 0 Å². The van der Waals surface area contributed by atoms with Gasteiger partial charge in [0.2, 0.25) is 5.91 Å². The highest BCUT2D eigenvalue weighted by atomic mass is 19.1. The number of carbonyl (C=O) groups excluding carboxylic acids is 1. The lowest BCUT2D eigenvalue weighted by Gasteiger charge is -2.30. The Labute approximate surface area is 166 Å². The number of nitrogens with zero attached hydrogens (tertiary/aromatic N) is 2. The zero-order valence-corrected chi connectivity index (χ0v) is 16.8. The van der Waals surface area contributed by atoms with Crippen LogP contribution in [0.4, 0.5) is 4.39 Å². The van der Waals surface area contributed by atoms with Crippen molar-refractivity contribution >= 4 is 5.91 Å². The van der Waals surface area contributed by atoms with Gasteiger partial charge in [0.25, 0.3) is 0 Å². The van der Waals surface area contributed by atoms with E-state index in [2.05, 4.69) is 17.4 Å². The van der Waals surface area contributed by atoms with Gasteiger partial charge in [-0.15, -0.1) is 0 Å². The number of rotatable bonds is 8. The molecule has 152 valence electrons. The van der Waals surface area contributed by atoms with Crippen molar-refractivity contribution in [2.75, 3.05) is 20.1 Å². The van der Waals surface area contributed by atoms with E-state index in [-0.39, 0.29) is 17.6 Å². The van der Waals surface area contributed by atoms with Gasteiger partial charge in [0, 0.05) is 43.6 Å². The van der Waals surface area contributed by atoms with Crippen molar-refractivity contribution in [2.24, 2.45) is 5.92 Å². The van der Waals surface area contributed by atoms with Gasteiger partial charge in [-0.1, -0.05) is 23.7 Å². The van der Waals surface area contributed by atoms with Gasteiger partial charge in [-0.3, -0.25) is 4.79 Å². The highest BCUT2D eigenvalue weighted by Gasteiger charge is 2.26. The third-order valence-corrected chi connectivity index (χ3v) is 5.45. The maximum Gasteiger partial charge on any atom is 0.225 e. The molecule has 1 fully saturated rings. The molecule has 0 saturated carbocycles. The van der Waals surface area contributed by atoms with E-state index in [9.17, 15) is 9.18 Å². The van der Waals surface area contributed by atoms with Crippen LogP contribution < -0.4 is 5.32 Å². The van der Waals surface area contributed by atoms with E-state index in [1.165, 1.54) is 12.1 Å². The predicted octanol–water partition coefficient (Wildman–Crippen LogP) is 4.04. The van der Waals surface area contributed by atoms with Crippen molar-refractivity contribution in [1.29, 1.82) is 0 Å². The number of carbonyl (C=O) groups is 1. The van der Waals surface area contributed by atoms with Crippen LogP contribution in [0.25, 0.3) is 11.3 Å². The molecule has 1 aromatic heterocycles. The molecule has 28 heavy (non-hydrogen) atoms. The van der Waals surface area contributed by atoms with Crippen LogP contribution in [0.2, 0.25) is 0 Å². The number of aryl methyl sites for hydroxylation is 1. The van der Waals surface area contributed by atoms with Crippen LogP contribution in [0.15, 0.2) is 34.9 Å². The average molecular weight is 387 g/mol. The molecule has 1 saturated heterocycles. The van der Waals surface area contributed by atoms with Gasteiger partial charge < -0.3 is 14.7 Å². The molecule has 0 aliphatic carbocycles. The van der Waals surface area contributed by atoms with Crippen LogP contribution in [0.5, 0.6) is 0 Å². The zero-order chi connectivity index (χ0) is 19.9. The summed E-state index contributed by atoms with van der Waals surface area (Å²) in [7, 11) is 1.91. The van der Waals surface area contributed by atoms with Gasteiger partial charge in [-0.05, 0) is 51.3 Å². The van der Waals surface area contributed by atoms with Crippen molar-refractivity contribution in [2.45, 2.75) is 51.5 Å². The van der Waals surface area contributed by atoms with Gasteiger partial charge in [0.1, 0.15) is 17.3 Å². The highest BCUT2D eigenvalue weighted by Crippen LogP contribution is 2.21. The minimum atomic E-state index is -0.278. The molecule has 1 amide bonds. The van der Waals surface area contributed by atoms with Crippen molar-refractivity contribution < 1.29 is 13.7 Å². The largest absolute Gasteiger partial charge is 0.361 e. The van der Waals surface area contributed by atoms with Crippen molar-refractivity contribution in [3.05, 3.63) is 41.9 Å². The van der Waals surface area contributed by atoms with E-state index in [4.69, 9.17) is 4.52 Å². The molecule has 0 spiro atoms.